The number of benzene rings is 3. The minimum absolute atomic E-state index is 0.141. The van der Waals surface area contributed by atoms with Crippen molar-refractivity contribution in [3.8, 4) is 5.75 Å². The maximum atomic E-state index is 13.1. The van der Waals surface area contributed by atoms with Crippen LogP contribution < -0.4 is 4.74 Å². The molecule has 196 valence electrons. The first-order valence-corrected chi connectivity index (χ1v) is 13.5. The van der Waals surface area contributed by atoms with Gasteiger partial charge in [0.1, 0.15) is 18.3 Å². The molecule has 6 nitrogen and oxygen atoms in total. The summed E-state index contributed by atoms with van der Waals surface area (Å²) in [6, 6.07) is 30.1. The standard InChI is InChI=1S/C33H32N4O2/c1-33(26-11-4-3-5-12-26,23-37(2)21-9-15-30(37)25-10-8-20-34-22-25)39-27-18-16-24(17-19-27)31(38)32-35-28-13-6-7-14-29(28)36-32/h3-8,10-14,16-20,22,30H,9,15,21,23H2,1-2H3/p+1/t30?,33?,37-/m1/s1. The molecule has 0 aliphatic carbocycles. The van der Waals surface area contributed by atoms with Crippen LogP contribution in [0.2, 0.25) is 0 Å². The fraction of sp³-hybridized carbons (Fsp3) is 0.242. The van der Waals surface area contributed by atoms with Crippen LogP contribution in [0.15, 0.2) is 103 Å². The molecule has 39 heavy (non-hydrogen) atoms. The molecule has 0 saturated carbocycles. The summed E-state index contributed by atoms with van der Waals surface area (Å²) in [7, 11) is 2.34. The number of pyridine rings is 1. The second kappa shape index (κ2) is 10.1. The van der Waals surface area contributed by atoms with Crippen molar-refractivity contribution >= 4 is 16.8 Å². The van der Waals surface area contributed by atoms with Gasteiger partial charge < -0.3 is 14.2 Å². The zero-order chi connectivity index (χ0) is 26.9. The molecule has 6 rings (SSSR count). The molecule has 2 unspecified atom stereocenters. The minimum Gasteiger partial charge on any atom is -0.477 e. The van der Waals surface area contributed by atoms with E-state index in [0.29, 0.717) is 17.4 Å². The summed E-state index contributed by atoms with van der Waals surface area (Å²) in [5.74, 6) is 0.927. The summed E-state index contributed by atoms with van der Waals surface area (Å²) in [5.41, 5.74) is 4.03. The van der Waals surface area contributed by atoms with E-state index in [9.17, 15) is 4.79 Å². The number of hydrogen-bond donors (Lipinski definition) is 1. The van der Waals surface area contributed by atoms with E-state index in [1.165, 1.54) is 12.0 Å². The highest BCUT2D eigenvalue weighted by molar-refractivity contribution is 6.08. The monoisotopic (exact) mass is 517 g/mol. The molecule has 3 atom stereocenters. The molecule has 0 bridgehead atoms. The lowest BCUT2D eigenvalue weighted by molar-refractivity contribution is -0.932. The number of fused-ring (bicyclic) bond motifs is 1. The maximum absolute atomic E-state index is 13.1. The summed E-state index contributed by atoms with van der Waals surface area (Å²) in [6.07, 6.45) is 6.14. The molecule has 1 N–H and O–H groups in total. The minimum atomic E-state index is -0.578. The third kappa shape index (κ3) is 4.95. The van der Waals surface area contributed by atoms with E-state index in [1.807, 2.05) is 73.1 Å². The van der Waals surface area contributed by atoms with Crippen molar-refractivity contribution in [3.05, 3.63) is 126 Å². The summed E-state index contributed by atoms with van der Waals surface area (Å²) in [5, 5.41) is 0. The molecular formula is C33H33N4O2+. The molecule has 1 saturated heterocycles. The normalized spacial score (nSPS) is 20.5. The number of para-hydroxylation sites is 2. The number of aromatic nitrogens is 3. The Balaban J connectivity index is 1.27. The zero-order valence-electron chi connectivity index (χ0n) is 22.4. The Morgan fingerprint density at radius 2 is 1.77 bits per heavy atom. The van der Waals surface area contributed by atoms with Crippen LogP contribution in [-0.2, 0) is 5.60 Å². The van der Waals surface area contributed by atoms with E-state index in [2.05, 4.69) is 59.3 Å². The van der Waals surface area contributed by atoms with Gasteiger partial charge in [-0.1, -0.05) is 48.5 Å². The second-order valence-corrected chi connectivity index (χ2v) is 11.0. The van der Waals surface area contributed by atoms with Gasteiger partial charge in [-0.2, -0.15) is 0 Å². The average Bonchev–Trinajstić information content (AvgIpc) is 3.57. The van der Waals surface area contributed by atoms with Crippen molar-refractivity contribution in [2.45, 2.75) is 31.4 Å². The van der Waals surface area contributed by atoms with Crippen LogP contribution in [0.25, 0.3) is 11.0 Å². The molecule has 1 fully saturated rings. The largest absolute Gasteiger partial charge is 0.477 e. The van der Waals surface area contributed by atoms with Gasteiger partial charge in [-0.05, 0) is 49.4 Å². The lowest BCUT2D eigenvalue weighted by atomic mass is 9.92. The third-order valence-electron chi connectivity index (χ3n) is 8.08. The van der Waals surface area contributed by atoms with Gasteiger partial charge in [0.15, 0.2) is 11.4 Å². The van der Waals surface area contributed by atoms with Gasteiger partial charge in [0, 0.05) is 41.9 Å². The van der Waals surface area contributed by atoms with Crippen molar-refractivity contribution in [1.29, 1.82) is 0 Å². The number of imidazole rings is 1. The highest BCUT2D eigenvalue weighted by Crippen LogP contribution is 2.42. The number of rotatable bonds is 8. The lowest BCUT2D eigenvalue weighted by Crippen LogP contribution is -2.53. The lowest BCUT2D eigenvalue weighted by Gasteiger charge is -2.43. The SMILES string of the molecule is CC(C[N@@+]1(C)CCCC1c1cccnc1)(Oc1ccc(C(=O)c2nc3ccccc3[nH]2)cc1)c1ccccc1. The van der Waals surface area contributed by atoms with Crippen molar-refractivity contribution in [2.24, 2.45) is 0 Å². The van der Waals surface area contributed by atoms with Gasteiger partial charge in [-0.15, -0.1) is 0 Å². The van der Waals surface area contributed by atoms with Crippen LogP contribution >= 0.6 is 0 Å². The number of nitrogens with one attached hydrogen (secondary N) is 1. The van der Waals surface area contributed by atoms with E-state index >= 15 is 0 Å². The number of ketones is 1. The molecule has 1 aliphatic heterocycles. The summed E-state index contributed by atoms with van der Waals surface area (Å²) >= 11 is 0. The molecule has 0 amide bonds. The molecule has 0 radical (unpaired) electrons. The average molecular weight is 518 g/mol. The van der Waals surface area contributed by atoms with E-state index in [1.54, 1.807) is 0 Å². The van der Waals surface area contributed by atoms with Gasteiger partial charge >= 0.3 is 0 Å². The highest BCUT2D eigenvalue weighted by Gasteiger charge is 2.46. The molecule has 0 spiro atoms. The second-order valence-electron chi connectivity index (χ2n) is 11.0. The van der Waals surface area contributed by atoms with Gasteiger partial charge in [-0.25, -0.2) is 4.98 Å². The number of ether oxygens (including phenoxy) is 1. The Hall–Kier alpha value is -4.29. The fourth-order valence-electron chi connectivity index (χ4n) is 6.20. The smallest absolute Gasteiger partial charge is 0.228 e. The first kappa shape index (κ1) is 25.0. The Morgan fingerprint density at radius 3 is 2.51 bits per heavy atom. The zero-order valence-corrected chi connectivity index (χ0v) is 22.4. The first-order valence-electron chi connectivity index (χ1n) is 13.5. The number of quaternary nitrogens is 1. The first-order chi connectivity index (χ1) is 18.9. The summed E-state index contributed by atoms with van der Waals surface area (Å²) in [6.45, 7) is 4.06. The number of likely N-dealkylation sites (N-methyl/N-ethyl adjacent to an activating group) is 1. The van der Waals surface area contributed by atoms with Crippen molar-refractivity contribution in [3.63, 3.8) is 0 Å². The molecule has 3 heterocycles. The molecule has 3 aromatic carbocycles. The van der Waals surface area contributed by atoms with E-state index in [-0.39, 0.29) is 5.78 Å². The number of hydrogen-bond acceptors (Lipinski definition) is 4. The number of carbonyl (C=O) groups excluding carboxylic acids is 1. The van der Waals surface area contributed by atoms with E-state index in [4.69, 9.17) is 4.74 Å². The van der Waals surface area contributed by atoms with Crippen molar-refractivity contribution in [1.82, 2.24) is 15.0 Å². The number of nitrogens with zero attached hydrogens (tertiary/aromatic N) is 3. The molecular weight excluding hydrogens is 484 g/mol. The molecule has 2 aromatic heterocycles. The molecule has 5 aromatic rings. The summed E-state index contributed by atoms with van der Waals surface area (Å²) < 4.78 is 7.70. The molecule has 1 aliphatic rings. The van der Waals surface area contributed by atoms with E-state index < -0.39 is 5.60 Å². The van der Waals surface area contributed by atoms with Crippen LogP contribution in [0.5, 0.6) is 5.75 Å². The number of H-pyrrole nitrogens is 1. The van der Waals surface area contributed by atoms with Gasteiger partial charge in [0.2, 0.25) is 5.78 Å². The van der Waals surface area contributed by atoms with Gasteiger partial charge in [-0.3, -0.25) is 9.78 Å². The Labute approximate surface area is 228 Å². The number of aromatic amines is 1. The highest BCUT2D eigenvalue weighted by atomic mass is 16.5. The van der Waals surface area contributed by atoms with Crippen LogP contribution in [0, 0.1) is 0 Å². The van der Waals surface area contributed by atoms with Gasteiger partial charge in [0.25, 0.3) is 0 Å². The van der Waals surface area contributed by atoms with Crippen LogP contribution in [0.4, 0.5) is 0 Å². The number of carbonyl (C=O) groups is 1. The quantitative estimate of drug-likeness (QED) is 0.189. The van der Waals surface area contributed by atoms with Crippen LogP contribution in [0.1, 0.15) is 53.1 Å². The Bertz CT molecular complexity index is 1550. The van der Waals surface area contributed by atoms with E-state index in [0.717, 1.165) is 46.3 Å². The van der Waals surface area contributed by atoms with Gasteiger partial charge in [0.05, 0.1) is 24.6 Å². The Kier molecular flexibility index (Phi) is 6.49. The van der Waals surface area contributed by atoms with Crippen LogP contribution in [0.3, 0.4) is 0 Å². The predicted octanol–water partition coefficient (Wildman–Crippen LogP) is 6.46. The van der Waals surface area contributed by atoms with Crippen molar-refractivity contribution in [2.75, 3.05) is 20.1 Å². The molecule has 6 heteroatoms. The fourth-order valence-corrected chi connectivity index (χ4v) is 6.20. The van der Waals surface area contributed by atoms with Crippen molar-refractivity contribution < 1.29 is 14.0 Å². The maximum Gasteiger partial charge on any atom is 0.228 e. The number of likely N-dealkylation sites (tertiary alicyclic amines) is 1. The topological polar surface area (TPSA) is 67.9 Å². The Morgan fingerprint density at radius 1 is 1.00 bits per heavy atom. The van der Waals surface area contributed by atoms with Crippen LogP contribution in [-0.4, -0.2) is 45.4 Å². The predicted molar refractivity (Wildman–Crippen MR) is 153 cm³/mol. The third-order valence-corrected chi connectivity index (χ3v) is 8.08. The summed E-state index contributed by atoms with van der Waals surface area (Å²) in [4.78, 5) is 25.1.